The Morgan fingerprint density at radius 2 is 1.81 bits per heavy atom. The van der Waals surface area contributed by atoms with Gasteiger partial charge in [0.1, 0.15) is 0 Å². The first-order valence-electron chi connectivity index (χ1n) is 7.12. The van der Waals surface area contributed by atoms with Crippen molar-refractivity contribution in [2.75, 3.05) is 25.5 Å². The highest BCUT2D eigenvalue weighted by Gasteiger charge is 2.19. The van der Waals surface area contributed by atoms with Gasteiger partial charge in [-0.15, -0.1) is 0 Å². The Kier molecular flexibility index (Phi) is 4.68. The maximum atomic E-state index is 12.5. The van der Waals surface area contributed by atoms with Crippen LogP contribution in [-0.4, -0.2) is 31.4 Å². The molecule has 0 aliphatic heterocycles. The number of rotatable bonds is 5. The van der Waals surface area contributed by atoms with E-state index in [9.17, 15) is 4.79 Å². The van der Waals surface area contributed by atoms with Crippen molar-refractivity contribution in [1.29, 1.82) is 0 Å². The number of nitrogens with zero attached hydrogens (tertiary/aromatic N) is 2. The minimum atomic E-state index is -0.0586. The number of carbonyl (C=O) groups is 1. The Bertz CT molecular complexity index is 600. The van der Waals surface area contributed by atoms with E-state index in [-0.39, 0.29) is 5.91 Å². The molecular weight excluding hydrogens is 264 g/mol. The molecule has 1 amide bonds. The third-order valence-electron chi connectivity index (χ3n) is 3.55. The Morgan fingerprint density at radius 1 is 1.14 bits per heavy atom. The van der Waals surface area contributed by atoms with Gasteiger partial charge in [-0.05, 0) is 37.6 Å². The second-order valence-electron chi connectivity index (χ2n) is 5.31. The Hall–Kier alpha value is -2.23. The van der Waals surface area contributed by atoms with Crippen molar-refractivity contribution in [2.45, 2.75) is 20.4 Å². The zero-order valence-corrected chi connectivity index (χ0v) is 13.1. The quantitative estimate of drug-likeness (QED) is 0.846. The standard InChI is InChI=1S/C17H22N2O2/c1-5-19(17(20)16-13(2)10-11-21-16)12-14-6-8-15(9-7-14)18(3)4/h6-11H,5,12H2,1-4H3. The van der Waals surface area contributed by atoms with Gasteiger partial charge in [0.2, 0.25) is 0 Å². The fraction of sp³-hybridized carbons (Fsp3) is 0.353. The summed E-state index contributed by atoms with van der Waals surface area (Å²) >= 11 is 0. The van der Waals surface area contributed by atoms with Gasteiger partial charge in [0.15, 0.2) is 5.76 Å². The number of hydrogen-bond acceptors (Lipinski definition) is 3. The fourth-order valence-corrected chi connectivity index (χ4v) is 2.18. The van der Waals surface area contributed by atoms with Crippen molar-refractivity contribution in [1.82, 2.24) is 4.90 Å². The SMILES string of the molecule is CCN(Cc1ccc(N(C)C)cc1)C(=O)c1occc1C. The molecule has 0 aliphatic carbocycles. The van der Waals surface area contributed by atoms with Gasteiger partial charge < -0.3 is 14.2 Å². The second-order valence-corrected chi connectivity index (χ2v) is 5.31. The Labute approximate surface area is 126 Å². The summed E-state index contributed by atoms with van der Waals surface area (Å²) in [5, 5.41) is 0. The maximum Gasteiger partial charge on any atom is 0.290 e. The normalized spacial score (nSPS) is 10.5. The molecule has 4 nitrogen and oxygen atoms in total. The van der Waals surface area contributed by atoms with E-state index in [1.807, 2.05) is 34.0 Å². The molecule has 0 atom stereocenters. The van der Waals surface area contributed by atoms with Crippen LogP contribution >= 0.6 is 0 Å². The summed E-state index contributed by atoms with van der Waals surface area (Å²) in [6.45, 7) is 5.10. The highest BCUT2D eigenvalue weighted by Crippen LogP contribution is 2.17. The molecule has 0 spiro atoms. The number of anilines is 1. The lowest BCUT2D eigenvalue weighted by Crippen LogP contribution is -2.30. The summed E-state index contributed by atoms with van der Waals surface area (Å²) < 4.78 is 5.30. The van der Waals surface area contributed by atoms with Gasteiger partial charge in [-0.2, -0.15) is 0 Å². The molecule has 0 saturated heterocycles. The molecule has 0 aliphatic rings. The maximum absolute atomic E-state index is 12.5. The van der Waals surface area contributed by atoms with Crippen LogP contribution in [0, 0.1) is 6.92 Å². The van der Waals surface area contributed by atoms with Crippen molar-refractivity contribution in [3.05, 3.63) is 53.5 Å². The fourth-order valence-electron chi connectivity index (χ4n) is 2.18. The molecule has 112 valence electrons. The second kappa shape index (κ2) is 6.48. The lowest BCUT2D eigenvalue weighted by molar-refractivity contribution is 0.0719. The number of amides is 1. The van der Waals surface area contributed by atoms with Crippen LogP contribution < -0.4 is 4.90 Å². The van der Waals surface area contributed by atoms with Crippen LogP contribution in [0.25, 0.3) is 0 Å². The van der Waals surface area contributed by atoms with Crippen LogP contribution in [-0.2, 0) is 6.54 Å². The smallest absolute Gasteiger partial charge is 0.290 e. The third-order valence-corrected chi connectivity index (χ3v) is 3.55. The van der Waals surface area contributed by atoms with Crippen molar-refractivity contribution in [3.63, 3.8) is 0 Å². The first kappa shape index (κ1) is 15.2. The first-order chi connectivity index (χ1) is 10.0. The van der Waals surface area contributed by atoms with Gasteiger partial charge >= 0.3 is 0 Å². The molecule has 0 saturated carbocycles. The average molecular weight is 286 g/mol. The van der Waals surface area contributed by atoms with Gasteiger partial charge in [0, 0.05) is 38.4 Å². The van der Waals surface area contributed by atoms with Crippen LogP contribution in [0.1, 0.15) is 28.6 Å². The van der Waals surface area contributed by atoms with Crippen LogP contribution in [0.2, 0.25) is 0 Å². The van der Waals surface area contributed by atoms with Gasteiger partial charge in [0.05, 0.1) is 6.26 Å². The van der Waals surface area contributed by atoms with Crippen molar-refractivity contribution < 1.29 is 9.21 Å². The number of aryl methyl sites for hydroxylation is 1. The average Bonchev–Trinajstić information content (AvgIpc) is 2.90. The molecule has 4 heteroatoms. The molecule has 1 aromatic carbocycles. The molecule has 0 bridgehead atoms. The van der Waals surface area contributed by atoms with E-state index < -0.39 is 0 Å². The number of benzene rings is 1. The predicted octanol–water partition coefficient (Wildman–Crippen LogP) is 3.32. The van der Waals surface area contributed by atoms with E-state index >= 15 is 0 Å². The van der Waals surface area contributed by atoms with E-state index in [2.05, 4.69) is 29.2 Å². The largest absolute Gasteiger partial charge is 0.459 e. The lowest BCUT2D eigenvalue weighted by atomic mass is 10.1. The molecule has 0 unspecified atom stereocenters. The molecule has 1 heterocycles. The molecule has 0 radical (unpaired) electrons. The molecule has 2 rings (SSSR count). The van der Waals surface area contributed by atoms with Crippen LogP contribution in [0.5, 0.6) is 0 Å². The number of hydrogen-bond donors (Lipinski definition) is 0. The lowest BCUT2D eigenvalue weighted by Gasteiger charge is -2.21. The summed E-state index contributed by atoms with van der Waals surface area (Å²) in [6, 6.07) is 10.0. The predicted molar refractivity (Wildman–Crippen MR) is 84.6 cm³/mol. The van der Waals surface area contributed by atoms with E-state index in [1.54, 1.807) is 11.2 Å². The Morgan fingerprint density at radius 3 is 2.29 bits per heavy atom. The van der Waals surface area contributed by atoms with Gasteiger partial charge in [0.25, 0.3) is 5.91 Å². The summed E-state index contributed by atoms with van der Waals surface area (Å²) in [5.74, 6) is 0.374. The van der Waals surface area contributed by atoms with Crippen molar-refractivity contribution in [2.24, 2.45) is 0 Å². The van der Waals surface area contributed by atoms with Crippen LogP contribution in [0.15, 0.2) is 41.0 Å². The minimum absolute atomic E-state index is 0.0586. The number of carbonyl (C=O) groups excluding carboxylic acids is 1. The number of furan rings is 1. The van der Waals surface area contributed by atoms with Gasteiger partial charge in [-0.25, -0.2) is 0 Å². The summed E-state index contributed by atoms with van der Waals surface area (Å²) in [5.41, 5.74) is 3.14. The van der Waals surface area contributed by atoms with Crippen molar-refractivity contribution in [3.8, 4) is 0 Å². The summed E-state index contributed by atoms with van der Waals surface area (Å²) in [4.78, 5) is 16.3. The highest BCUT2D eigenvalue weighted by molar-refractivity contribution is 5.92. The van der Waals surface area contributed by atoms with Crippen LogP contribution in [0.4, 0.5) is 5.69 Å². The Balaban J connectivity index is 2.12. The van der Waals surface area contributed by atoms with E-state index in [1.165, 1.54) is 0 Å². The van der Waals surface area contributed by atoms with Crippen LogP contribution in [0.3, 0.4) is 0 Å². The molecule has 2 aromatic rings. The van der Waals surface area contributed by atoms with Gasteiger partial charge in [-0.1, -0.05) is 12.1 Å². The van der Waals surface area contributed by atoms with Gasteiger partial charge in [-0.3, -0.25) is 4.79 Å². The van der Waals surface area contributed by atoms with E-state index in [0.717, 1.165) is 16.8 Å². The highest BCUT2D eigenvalue weighted by atomic mass is 16.3. The molecule has 1 aromatic heterocycles. The molecule has 0 fully saturated rings. The van der Waals surface area contributed by atoms with Crippen molar-refractivity contribution >= 4 is 11.6 Å². The molecular formula is C17H22N2O2. The molecule has 0 N–H and O–H groups in total. The topological polar surface area (TPSA) is 36.7 Å². The minimum Gasteiger partial charge on any atom is -0.459 e. The zero-order valence-electron chi connectivity index (χ0n) is 13.1. The van der Waals surface area contributed by atoms with E-state index in [4.69, 9.17) is 4.42 Å². The first-order valence-corrected chi connectivity index (χ1v) is 7.12. The monoisotopic (exact) mass is 286 g/mol. The molecule has 21 heavy (non-hydrogen) atoms. The van der Waals surface area contributed by atoms with E-state index in [0.29, 0.717) is 18.8 Å². The summed E-state index contributed by atoms with van der Waals surface area (Å²) in [6.07, 6.45) is 1.56. The summed E-state index contributed by atoms with van der Waals surface area (Å²) in [7, 11) is 4.02. The third kappa shape index (κ3) is 3.45. The zero-order chi connectivity index (χ0) is 15.4.